The monoisotopic (exact) mass is 244 g/mol. The van der Waals surface area contributed by atoms with E-state index >= 15 is 0 Å². The summed E-state index contributed by atoms with van der Waals surface area (Å²) in [6.45, 7) is 5.95. The van der Waals surface area contributed by atoms with E-state index in [1.54, 1.807) is 0 Å². The van der Waals surface area contributed by atoms with Crippen LogP contribution >= 0.6 is 0 Å². The highest BCUT2D eigenvalue weighted by molar-refractivity contribution is 6.01. The molecule has 4 heteroatoms. The molecule has 18 heavy (non-hydrogen) atoms. The minimum Gasteiger partial charge on any atom is -0.435 e. The number of anilines is 1. The van der Waals surface area contributed by atoms with Gasteiger partial charge >= 0.3 is 0 Å². The van der Waals surface area contributed by atoms with Gasteiger partial charge in [-0.3, -0.25) is 4.79 Å². The summed E-state index contributed by atoms with van der Waals surface area (Å²) in [4.78, 5) is 16.0. The Morgan fingerprint density at radius 1 is 1.22 bits per heavy atom. The molecular weight excluding hydrogens is 228 g/mol. The van der Waals surface area contributed by atoms with Crippen LogP contribution in [0.1, 0.15) is 37.2 Å². The van der Waals surface area contributed by atoms with Crippen molar-refractivity contribution < 1.29 is 9.21 Å². The highest BCUT2D eigenvalue weighted by atomic mass is 16.4. The zero-order valence-electron chi connectivity index (χ0n) is 10.7. The maximum atomic E-state index is 11.9. The summed E-state index contributed by atoms with van der Waals surface area (Å²) in [5, 5.41) is 2.75. The zero-order chi connectivity index (χ0) is 13.2. The smallest absolute Gasteiger partial charge is 0.293 e. The second kappa shape index (κ2) is 4.64. The Morgan fingerprint density at radius 3 is 2.44 bits per heavy atom. The van der Waals surface area contributed by atoms with Gasteiger partial charge < -0.3 is 9.73 Å². The van der Waals surface area contributed by atoms with E-state index in [0.717, 1.165) is 5.69 Å². The zero-order valence-corrected chi connectivity index (χ0v) is 10.7. The van der Waals surface area contributed by atoms with Gasteiger partial charge in [0.05, 0.1) is 6.20 Å². The summed E-state index contributed by atoms with van der Waals surface area (Å²) in [6.07, 6.45) is 1.46. The van der Waals surface area contributed by atoms with Crippen LogP contribution < -0.4 is 5.32 Å². The van der Waals surface area contributed by atoms with Crippen LogP contribution in [0.5, 0.6) is 0 Å². The average Bonchev–Trinajstić information content (AvgIpc) is 2.79. The number of para-hydroxylation sites is 1. The van der Waals surface area contributed by atoms with Crippen molar-refractivity contribution in [2.45, 2.75) is 26.2 Å². The number of rotatable bonds is 2. The van der Waals surface area contributed by atoms with Crippen LogP contribution in [0.4, 0.5) is 5.69 Å². The molecule has 0 atom stereocenters. The van der Waals surface area contributed by atoms with Gasteiger partial charge in [0.1, 0.15) is 0 Å². The van der Waals surface area contributed by atoms with Crippen molar-refractivity contribution in [3.05, 3.63) is 48.2 Å². The Morgan fingerprint density at radius 2 is 1.89 bits per heavy atom. The average molecular weight is 244 g/mol. The molecule has 0 saturated heterocycles. The van der Waals surface area contributed by atoms with Crippen molar-refractivity contribution in [1.29, 1.82) is 0 Å². The first-order valence-corrected chi connectivity index (χ1v) is 5.79. The van der Waals surface area contributed by atoms with Gasteiger partial charge in [0, 0.05) is 11.1 Å². The van der Waals surface area contributed by atoms with E-state index in [9.17, 15) is 4.79 Å². The first kappa shape index (κ1) is 12.4. The summed E-state index contributed by atoms with van der Waals surface area (Å²) >= 11 is 0. The number of aromatic nitrogens is 1. The van der Waals surface area contributed by atoms with Crippen molar-refractivity contribution in [2.75, 3.05) is 5.32 Å². The van der Waals surface area contributed by atoms with E-state index < -0.39 is 0 Å². The van der Waals surface area contributed by atoms with E-state index in [-0.39, 0.29) is 17.1 Å². The lowest BCUT2D eigenvalue weighted by Crippen LogP contribution is -2.12. The Balaban J connectivity index is 2.13. The van der Waals surface area contributed by atoms with Crippen molar-refractivity contribution in [3.8, 4) is 0 Å². The Hall–Kier alpha value is -2.10. The molecule has 94 valence electrons. The molecule has 1 heterocycles. The minimum absolute atomic E-state index is 0.203. The van der Waals surface area contributed by atoms with Gasteiger partial charge in [-0.1, -0.05) is 39.0 Å². The molecule has 2 aromatic rings. The van der Waals surface area contributed by atoms with Gasteiger partial charge in [-0.15, -0.1) is 0 Å². The van der Waals surface area contributed by atoms with Crippen LogP contribution in [0.15, 0.2) is 40.9 Å². The first-order chi connectivity index (χ1) is 8.47. The van der Waals surface area contributed by atoms with Crippen molar-refractivity contribution in [1.82, 2.24) is 4.98 Å². The van der Waals surface area contributed by atoms with Crippen LogP contribution in [0.3, 0.4) is 0 Å². The van der Waals surface area contributed by atoms with E-state index in [2.05, 4.69) is 10.3 Å². The molecule has 4 nitrogen and oxygen atoms in total. The lowest BCUT2D eigenvalue weighted by atomic mass is 9.97. The normalized spacial score (nSPS) is 11.3. The van der Waals surface area contributed by atoms with E-state index in [1.165, 1.54) is 6.20 Å². The van der Waals surface area contributed by atoms with Crippen molar-refractivity contribution in [2.24, 2.45) is 0 Å². The quantitative estimate of drug-likeness (QED) is 0.882. The first-order valence-electron chi connectivity index (χ1n) is 5.79. The number of amides is 1. The van der Waals surface area contributed by atoms with E-state index in [0.29, 0.717) is 5.89 Å². The van der Waals surface area contributed by atoms with Gasteiger partial charge in [0.2, 0.25) is 11.7 Å². The molecule has 1 amide bonds. The molecule has 0 aliphatic carbocycles. The number of carbonyl (C=O) groups excluding carboxylic acids is 1. The molecular formula is C14H16N2O2. The summed E-state index contributed by atoms with van der Waals surface area (Å²) in [5.41, 5.74) is 0.530. The summed E-state index contributed by atoms with van der Waals surface area (Å²) in [7, 11) is 0. The van der Waals surface area contributed by atoms with Crippen LogP contribution in [0.2, 0.25) is 0 Å². The third kappa shape index (κ3) is 2.77. The summed E-state index contributed by atoms with van der Waals surface area (Å²) in [5.74, 6) is 0.494. The fourth-order valence-corrected chi connectivity index (χ4v) is 1.44. The fourth-order valence-electron chi connectivity index (χ4n) is 1.44. The number of hydrogen-bond acceptors (Lipinski definition) is 3. The second-order valence-corrected chi connectivity index (χ2v) is 5.10. The maximum Gasteiger partial charge on any atom is 0.293 e. The van der Waals surface area contributed by atoms with Gasteiger partial charge in [-0.2, -0.15) is 0 Å². The lowest BCUT2D eigenvalue weighted by molar-refractivity contribution is 0.0993. The van der Waals surface area contributed by atoms with Gasteiger partial charge in [-0.05, 0) is 12.1 Å². The molecule has 0 fully saturated rings. The number of nitrogens with zero attached hydrogens (tertiary/aromatic N) is 1. The van der Waals surface area contributed by atoms with Crippen molar-refractivity contribution >= 4 is 11.6 Å². The molecule has 1 N–H and O–H groups in total. The van der Waals surface area contributed by atoms with Crippen LogP contribution in [-0.4, -0.2) is 10.9 Å². The highest BCUT2D eigenvalue weighted by Crippen LogP contribution is 2.21. The highest BCUT2D eigenvalue weighted by Gasteiger charge is 2.22. The largest absolute Gasteiger partial charge is 0.435 e. The molecule has 0 unspecified atom stereocenters. The molecule has 0 bridgehead atoms. The Labute approximate surface area is 106 Å². The number of hydrogen-bond donors (Lipinski definition) is 1. The van der Waals surface area contributed by atoms with Gasteiger partial charge in [0.25, 0.3) is 5.91 Å². The standard InChI is InChI=1S/C14H16N2O2/c1-14(2,3)13-15-9-11(18-13)12(17)16-10-7-5-4-6-8-10/h4-9H,1-3H3,(H,16,17). The lowest BCUT2D eigenvalue weighted by Gasteiger charge is -2.12. The molecule has 1 aromatic carbocycles. The third-order valence-electron chi connectivity index (χ3n) is 2.40. The second-order valence-electron chi connectivity index (χ2n) is 5.10. The molecule has 0 aliphatic rings. The van der Waals surface area contributed by atoms with Crippen molar-refractivity contribution in [3.63, 3.8) is 0 Å². The maximum absolute atomic E-state index is 11.9. The molecule has 0 aliphatic heterocycles. The molecule has 0 spiro atoms. The SMILES string of the molecule is CC(C)(C)c1ncc(C(=O)Nc2ccccc2)o1. The Bertz CT molecular complexity index is 538. The van der Waals surface area contributed by atoms with Gasteiger partial charge in [0.15, 0.2) is 0 Å². The predicted octanol–water partition coefficient (Wildman–Crippen LogP) is 3.22. The van der Waals surface area contributed by atoms with Crippen LogP contribution in [-0.2, 0) is 5.41 Å². The molecule has 2 rings (SSSR count). The predicted molar refractivity (Wildman–Crippen MR) is 69.6 cm³/mol. The third-order valence-corrected chi connectivity index (χ3v) is 2.40. The minimum atomic E-state index is -0.288. The van der Waals surface area contributed by atoms with Crippen LogP contribution in [0.25, 0.3) is 0 Å². The van der Waals surface area contributed by atoms with E-state index in [1.807, 2.05) is 51.1 Å². The van der Waals surface area contributed by atoms with Gasteiger partial charge in [-0.25, -0.2) is 4.98 Å². The topological polar surface area (TPSA) is 55.1 Å². The molecule has 0 radical (unpaired) electrons. The van der Waals surface area contributed by atoms with E-state index in [4.69, 9.17) is 4.42 Å². The number of carbonyl (C=O) groups is 1. The number of oxazole rings is 1. The fraction of sp³-hybridized carbons (Fsp3) is 0.286. The Kier molecular flexibility index (Phi) is 3.19. The summed E-state index contributed by atoms with van der Waals surface area (Å²) in [6, 6.07) is 9.24. The summed E-state index contributed by atoms with van der Waals surface area (Å²) < 4.78 is 5.46. The number of benzene rings is 1. The van der Waals surface area contributed by atoms with Crippen LogP contribution in [0, 0.1) is 0 Å². The number of nitrogens with one attached hydrogen (secondary N) is 1. The molecule has 1 aromatic heterocycles. The molecule has 0 saturated carbocycles.